The number of aromatic amines is 1. The van der Waals surface area contributed by atoms with Gasteiger partial charge in [0.05, 0.1) is 0 Å². The lowest BCUT2D eigenvalue weighted by Gasteiger charge is -2.19. The molecule has 0 spiro atoms. The molecule has 2 heterocycles. The van der Waals surface area contributed by atoms with Crippen molar-refractivity contribution in [3.63, 3.8) is 0 Å². The molecule has 1 aromatic rings. The summed E-state index contributed by atoms with van der Waals surface area (Å²) in [6, 6.07) is 0. The molecule has 0 saturated heterocycles. The zero-order chi connectivity index (χ0) is 11.8. The first-order chi connectivity index (χ1) is 8.24. The van der Waals surface area contributed by atoms with Crippen LogP contribution in [-0.4, -0.2) is 16.5 Å². The third-order valence-corrected chi connectivity index (χ3v) is 4.40. The number of nitrogens with zero attached hydrogens (tertiary/aromatic N) is 1. The van der Waals surface area contributed by atoms with Gasteiger partial charge in [0, 0.05) is 36.7 Å². The normalized spacial score (nSPS) is 28.1. The lowest BCUT2D eigenvalue weighted by atomic mass is 10.0. The second kappa shape index (κ2) is 4.50. The topological polar surface area (TPSA) is 40.7 Å². The van der Waals surface area contributed by atoms with Gasteiger partial charge in [0.25, 0.3) is 0 Å². The minimum absolute atomic E-state index is 0.604. The van der Waals surface area contributed by atoms with Crippen molar-refractivity contribution in [2.24, 2.45) is 5.92 Å². The molecule has 0 amide bonds. The predicted molar refractivity (Wildman–Crippen MR) is 70.6 cm³/mol. The van der Waals surface area contributed by atoms with E-state index in [4.69, 9.17) is 12.2 Å². The van der Waals surface area contributed by atoms with Gasteiger partial charge in [0.2, 0.25) is 0 Å². The first-order valence-electron chi connectivity index (χ1n) is 6.56. The molecule has 4 heteroatoms. The Bertz CT molecular complexity index is 480. The van der Waals surface area contributed by atoms with Crippen molar-refractivity contribution in [3.05, 3.63) is 21.7 Å². The van der Waals surface area contributed by atoms with Gasteiger partial charge in [-0.3, -0.25) is 0 Å². The SMILES string of the molecule is CC1CCC(c2nc(=S)c3c([nH]2)CCNC3)C1. The maximum atomic E-state index is 5.42. The second-order valence-electron chi connectivity index (χ2n) is 5.43. The van der Waals surface area contributed by atoms with Crippen LogP contribution >= 0.6 is 12.2 Å². The molecule has 0 aromatic carbocycles. The van der Waals surface area contributed by atoms with E-state index < -0.39 is 0 Å². The molecule has 0 radical (unpaired) electrons. The zero-order valence-corrected chi connectivity index (χ0v) is 11.1. The fraction of sp³-hybridized carbons (Fsp3) is 0.692. The van der Waals surface area contributed by atoms with E-state index in [0.29, 0.717) is 5.92 Å². The average Bonchev–Trinajstić information content (AvgIpc) is 2.76. The highest BCUT2D eigenvalue weighted by molar-refractivity contribution is 7.71. The van der Waals surface area contributed by atoms with E-state index in [2.05, 4.69) is 22.2 Å². The lowest BCUT2D eigenvalue weighted by molar-refractivity contribution is 0.572. The molecular weight excluding hydrogens is 230 g/mol. The molecule has 1 aliphatic carbocycles. The molecule has 1 aliphatic heterocycles. The summed E-state index contributed by atoms with van der Waals surface area (Å²) in [7, 11) is 0. The van der Waals surface area contributed by atoms with Crippen LogP contribution in [0.15, 0.2) is 0 Å². The second-order valence-corrected chi connectivity index (χ2v) is 5.81. The maximum absolute atomic E-state index is 5.42. The third-order valence-electron chi connectivity index (χ3n) is 4.06. The molecule has 1 saturated carbocycles. The van der Waals surface area contributed by atoms with Gasteiger partial charge in [-0.1, -0.05) is 19.1 Å². The van der Waals surface area contributed by atoms with Gasteiger partial charge in [-0.2, -0.15) is 0 Å². The maximum Gasteiger partial charge on any atom is 0.134 e. The number of fused-ring (bicyclic) bond motifs is 1. The number of hydrogen-bond donors (Lipinski definition) is 2. The Balaban J connectivity index is 1.96. The number of aromatic nitrogens is 2. The fourth-order valence-electron chi connectivity index (χ4n) is 3.04. The van der Waals surface area contributed by atoms with Crippen molar-refractivity contribution >= 4 is 12.2 Å². The summed E-state index contributed by atoms with van der Waals surface area (Å²) in [5, 5.41) is 3.35. The molecule has 3 rings (SSSR count). The third kappa shape index (κ3) is 2.16. The van der Waals surface area contributed by atoms with Gasteiger partial charge in [-0.25, -0.2) is 4.98 Å². The van der Waals surface area contributed by atoms with Crippen molar-refractivity contribution in [3.8, 4) is 0 Å². The van der Waals surface area contributed by atoms with Crippen LogP contribution < -0.4 is 5.32 Å². The summed E-state index contributed by atoms with van der Waals surface area (Å²) in [5.41, 5.74) is 2.53. The average molecular weight is 249 g/mol. The first-order valence-corrected chi connectivity index (χ1v) is 6.97. The Morgan fingerprint density at radius 2 is 2.24 bits per heavy atom. The quantitative estimate of drug-likeness (QED) is 0.752. The smallest absolute Gasteiger partial charge is 0.134 e. The highest BCUT2D eigenvalue weighted by Crippen LogP contribution is 2.36. The van der Waals surface area contributed by atoms with Gasteiger partial charge in [-0.15, -0.1) is 0 Å². The highest BCUT2D eigenvalue weighted by atomic mass is 32.1. The van der Waals surface area contributed by atoms with Crippen LogP contribution in [0.3, 0.4) is 0 Å². The van der Waals surface area contributed by atoms with E-state index in [0.717, 1.165) is 35.9 Å². The van der Waals surface area contributed by atoms with Crippen LogP contribution in [0, 0.1) is 10.6 Å². The van der Waals surface area contributed by atoms with Crippen LogP contribution in [0.2, 0.25) is 0 Å². The van der Waals surface area contributed by atoms with Crippen LogP contribution in [-0.2, 0) is 13.0 Å². The monoisotopic (exact) mass is 249 g/mol. The van der Waals surface area contributed by atoms with Crippen LogP contribution in [0.1, 0.15) is 49.2 Å². The van der Waals surface area contributed by atoms with Gasteiger partial charge >= 0.3 is 0 Å². The summed E-state index contributed by atoms with van der Waals surface area (Å²) in [5.74, 6) is 2.58. The van der Waals surface area contributed by atoms with Crippen molar-refractivity contribution in [1.82, 2.24) is 15.3 Å². The Labute approximate surface area is 107 Å². The van der Waals surface area contributed by atoms with Gasteiger partial charge in [-0.05, 0) is 25.2 Å². The predicted octanol–water partition coefficient (Wildman–Crippen LogP) is 2.69. The number of hydrogen-bond acceptors (Lipinski definition) is 3. The van der Waals surface area contributed by atoms with Crippen LogP contribution in [0.4, 0.5) is 0 Å². The minimum atomic E-state index is 0.604. The van der Waals surface area contributed by atoms with E-state index >= 15 is 0 Å². The van der Waals surface area contributed by atoms with Crippen molar-refractivity contribution in [1.29, 1.82) is 0 Å². The Kier molecular flexibility index (Phi) is 3.01. The summed E-state index contributed by atoms with van der Waals surface area (Å²) >= 11 is 5.42. The van der Waals surface area contributed by atoms with Gasteiger partial charge in [0.15, 0.2) is 0 Å². The molecule has 0 bridgehead atoms. The summed E-state index contributed by atoms with van der Waals surface area (Å²) < 4.78 is 0.806. The largest absolute Gasteiger partial charge is 0.347 e. The summed E-state index contributed by atoms with van der Waals surface area (Å²) in [4.78, 5) is 8.17. The van der Waals surface area contributed by atoms with Crippen molar-refractivity contribution < 1.29 is 0 Å². The molecule has 2 N–H and O–H groups in total. The van der Waals surface area contributed by atoms with E-state index in [1.54, 1.807) is 0 Å². The van der Waals surface area contributed by atoms with Crippen LogP contribution in [0.5, 0.6) is 0 Å². The summed E-state index contributed by atoms with van der Waals surface area (Å²) in [6.45, 7) is 4.25. The first kappa shape index (κ1) is 11.4. The molecule has 1 aromatic heterocycles. The fourth-order valence-corrected chi connectivity index (χ4v) is 3.33. The molecule has 92 valence electrons. The molecule has 3 nitrogen and oxygen atoms in total. The van der Waals surface area contributed by atoms with Gasteiger partial charge < -0.3 is 10.3 Å². The van der Waals surface area contributed by atoms with Gasteiger partial charge in [0.1, 0.15) is 10.5 Å². The number of H-pyrrole nitrogens is 1. The summed E-state index contributed by atoms with van der Waals surface area (Å²) in [6.07, 6.45) is 4.90. The number of rotatable bonds is 1. The molecule has 1 fully saturated rings. The number of nitrogens with one attached hydrogen (secondary N) is 2. The van der Waals surface area contributed by atoms with E-state index in [1.165, 1.54) is 30.5 Å². The molecule has 2 atom stereocenters. The Morgan fingerprint density at radius 3 is 3.00 bits per heavy atom. The standard InChI is InChI=1S/C13H19N3S/c1-8-2-3-9(6-8)12-15-11-4-5-14-7-10(11)13(17)16-12/h8-9,14H,2-7H2,1H3,(H,15,16,17). The molecule has 2 aliphatic rings. The lowest BCUT2D eigenvalue weighted by Crippen LogP contribution is -2.26. The minimum Gasteiger partial charge on any atom is -0.347 e. The van der Waals surface area contributed by atoms with E-state index in [-0.39, 0.29) is 0 Å². The van der Waals surface area contributed by atoms with Crippen molar-refractivity contribution in [2.75, 3.05) is 6.54 Å². The molecule has 17 heavy (non-hydrogen) atoms. The van der Waals surface area contributed by atoms with E-state index in [9.17, 15) is 0 Å². The molecule has 2 unspecified atom stereocenters. The van der Waals surface area contributed by atoms with E-state index in [1.807, 2.05) is 0 Å². The zero-order valence-electron chi connectivity index (χ0n) is 10.3. The Hall–Kier alpha value is -0.740. The van der Waals surface area contributed by atoms with Crippen molar-refractivity contribution in [2.45, 2.75) is 45.1 Å². The Morgan fingerprint density at radius 1 is 1.35 bits per heavy atom. The van der Waals surface area contributed by atoms with Crippen LogP contribution in [0.25, 0.3) is 0 Å². The molecular formula is C13H19N3S. The highest BCUT2D eigenvalue weighted by Gasteiger charge is 2.25.